The quantitative estimate of drug-likeness (QED) is 0.775. The van der Waals surface area contributed by atoms with Crippen LogP contribution in [-0.4, -0.2) is 36.1 Å². The fourth-order valence-corrected chi connectivity index (χ4v) is 3.10. The summed E-state index contributed by atoms with van der Waals surface area (Å²) in [6.07, 6.45) is 12.2. The Hall–Kier alpha value is -0.930. The van der Waals surface area contributed by atoms with Crippen molar-refractivity contribution in [2.24, 2.45) is 0 Å². The van der Waals surface area contributed by atoms with Gasteiger partial charge in [-0.25, -0.2) is 0 Å². The van der Waals surface area contributed by atoms with E-state index in [9.17, 15) is 0 Å². The van der Waals surface area contributed by atoms with Crippen molar-refractivity contribution in [1.82, 2.24) is 15.2 Å². The van der Waals surface area contributed by atoms with Gasteiger partial charge in [0.25, 0.3) is 0 Å². The molecule has 1 saturated carbocycles. The highest BCUT2D eigenvalue weighted by molar-refractivity contribution is 5.16. The largest absolute Gasteiger partial charge is 0.313 e. The van der Waals surface area contributed by atoms with E-state index < -0.39 is 0 Å². The first-order chi connectivity index (χ1) is 9.75. The zero-order chi connectivity index (χ0) is 14.2. The first kappa shape index (κ1) is 15.5. The number of rotatable bonds is 7. The second-order valence-electron chi connectivity index (χ2n) is 6.17. The standard InChI is InChI=1S/C17H29N3/c1-15-11-16(14-19-12-15)13-18-9-6-10-20(2)17-7-4-3-5-8-17/h11-12,14,17-18H,3-10,13H2,1-2H3. The molecular weight excluding hydrogens is 246 g/mol. The number of hydrogen-bond donors (Lipinski definition) is 1. The number of aryl methyl sites for hydroxylation is 1. The third-order valence-corrected chi connectivity index (χ3v) is 4.32. The molecule has 0 saturated heterocycles. The van der Waals surface area contributed by atoms with E-state index >= 15 is 0 Å². The Morgan fingerprint density at radius 2 is 2.05 bits per heavy atom. The predicted molar refractivity (Wildman–Crippen MR) is 84.8 cm³/mol. The minimum atomic E-state index is 0.838. The third kappa shape index (κ3) is 5.22. The van der Waals surface area contributed by atoms with Crippen LogP contribution in [0.4, 0.5) is 0 Å². The zero-order valence-electron chi connectivity index (χ0n) is 13.1. The first-order valence-electron chi connectivity index (χ1n) is 8.07. The van der Waals surface area contributed by atoms with E-state index in [0.29, 0.717) is 0 Å². The van der Waals surface area contributed by atoms with Gasteiger partial charge in [0.2, 0.25) is 0 Å². The Labute approximate surface area is 123 Å². The van der Waals surface area contributed by atoms with Gasteiger partial charge in [-0.2, -0.15) is 0 Å². The van der Waals surface area contributed by atoms with Crippen molar-refractivity contribution in [2.75, 3.05) is 20.1 Å². The molecule has 0 bridgehead atoms. The van der Waals surface area contributed by atoms with Gasteiger partial charge in [0, 0.05) is 25.0 Å². The van der Waals surface area contributed by atoms with E-state index in [-0.39, 0.29) is 0 Å². The van der Waals surface area contributed by atoms with Gasteiger partial charge in [-0.15, -0.1) is 0 Å². The van der Waals surface area contributed by atoms with Crippen molar-refractivity contribution in [3.05, 3.63) is 29.6 Å². The molecule has 112 valence electrons. The molecule has 2 rings (SSSR count). The molecule has 3 heteroatoms. The second kappa shape index (κ2) is 8.38. The van der Waals surface area contributed by atoms with Crippen LogP contribution in [-0.2, 0) is 6.54 Å². The molecule has 0 spiro atoms. The lowest BCUT2D eigenvalue weighted by Gasteiger charge is -2.31. The lowest BCUT2D eigenvalue weighted by atomic mass is 9.94. The molecule has 20 heavy (non-hydrogen) atoms. The molecule has 0 atom stereocenters. The first-order valence-corrected chi connectivity index (χ1v) is 8.07. The Balaban J connectivity index is 1.57. The number of aromatic nitrogens is 1. The second-order valence-corrected chi connectivity index (χ2v) is 6.17. The van der Waals surface area contributed by atoms with Gasteiger partial charge in [0.05, 0.1) is 0 Å². The summed E-state index contributed by atoms with van der Waals surface area (Å²) in [4.78, 5) is 6.79. The maximum Gasteiger partial charge on any atom is 0.0313 e. The molecule has 1 heterocycles. The molecule has 1 fully saturated rings. The summed E-state index contributed by atoms with van der Waals surface area (Å²) in [6.45, 7) is 5.33. The maximum absolute atomic E-state index is 4.22. The highest BCUT2D eigenvalue weighted by Crippen LogP contribution is 2.21. The molecule has 1 N–H and O–H groups in total. The maximum atomic E-state index is 4.22. The van der Waals surface area contributed by atoms with E-state index in [1.54, 1.807) is 0 Å². The minimum absolute atomic E-state index is 0.838. The highest BCUT2D eigenvalue weighted by Gasteiger charge is 2.16. The Kier molecular flexibility index (Phi) is 6.48. The Morgan fingerprint density at radius 1 is 1.25 bits per heavy atom. The molecule has 1 aromatic heterocycles. The average molecular weight is 275 g/mol. The van der Waals surface area contributed by atoms with Crippen molar-refractivity contribution in [1.29, 1.82) is 0 Å². The molecule has 1 aliphatic carbocycles. The molecular formula is C17H29N3. The Morgan fingerprint density at radius 3 is 2.80 bits per heavy atom. The third-order valence-electron chi connectivity index (χ3n) is 4.32. The van der Waals surface area contributed by atoms with Gasteiger partial charge in [0.1, 0.15) is 0 Å². The predicted octanol–water partition coefficient (Wildman–Crippen LogP) is 3.13. The van der Waals surface area contributed by atoms with Crippen molar-refractivity contribution in [2.45, 2.75) is 58.0 Å². The van der Waals surface area contributed by atoms with Crippen LogP contribution in [0.1, 0.15) is 49.7 Å². The van der Waals surface area contributed by atoms with Gasteiger partial charge in [0.15, 0.2) is 0 Å². The summed E-state index contributed by atoms with van der Waals surface area (Å²) >= 11 is 0. The summed E-state index contributed by atoms with van der Waals surface area (Å²) < 4.78 is 0. The molecule has 1 aromatic rings. The molecule has 0 aliphatic heterocycles. The van der Waals surface area contributed by atoms with Crippen LogP contribution in [0, 0.1) is 6.92 Å². The van der Waals surface area contributed by atoms with E-state index in [0.717, 1.165) is 19.1 Å². The smallest absolute Gasteiger partial charge is 0.0313 e. The number of nitrogens with one attached hydrogen (secondary N) is 1. The summed E-state index contributed by atoms with van der Waals surface area (Å²) in [5.41, 5.74) is 2.52. The summed E-state index contributed by atoms with van der Waals surface area (Å²) in [5, 5.41) is 3.52. The summed E-state index contributed by atoms with van der Waals surface area (Å²) in [6, 6.07) is 3.04. The lowest BCUT2D eigenvalue weighted by molar-refractivity contribution is 0.189. The lowest BCUT2D eigenvalue weighted by Crippen LogP contribution is -2.35. The summed E-state index contributed by atoms with van der Waals surface area (Å²) in [7, 11) is 2.29. The summed E-state index contributed by atoms with van der Waals surface area (Å²) in [5.74, 6) is 0. The van der Waals surface area contributed by atoms with Crippen molar-refractivity contribution >= 4 is 0 Å². The molecule has 0 radical (unpaired) electrons. The topological polar surface area (TPSA) is 28.2 Å². The average Bonchev–Trinajstić information content (AvgIpc) is 2.48. The fraction of sp³-hybridized carbons (Fsp3) is 0.706. The SMILES string of the molecule is Cc1cncc(CNCCCN(C)C2CCCCC2)c1. The minimum Gasteiger partial charge on any atom is -0.313 e. The van der Waals surface area contributed by atoms with Crippen LogP contribution in [0.25, 0.3) is 0 Å². The van der Waals surface area contributed by atoms with E-state index in [2.05, 4.69) is 35.2 Å². The normalized spacial score (nSPS) is 16.8. The molecule has 1 aliphatic rings. The van der Waals surface area contributed by atoms with Crippen LogP contribution >= 0.6 is 0 Å². The van der Waals surface area contributed by atoms with Gasteiger partial charge in [-0.3, -0.25) is 4.98 Å². The van der Waals surface area contributed by atoms with Crippen LogP contribution in [0.5, 0.6) is 0 Å². The van der Waals surface area contributed by atoms with E-state index in [1.807, 2.05) is 12.4 Å². The highest BCUT2D eigenvalue weighted by atomic mass is 15.1. The van der Waals surface area contributed by atoms with E-state index in [4.69, 9.17) is 0 Å². The zero-order valence-corrected chi connectivity index (χ0v) is 13.1. The van der Waals surface area contributed by atoms with Crippen LogP contribution in [0.2, 0.25) is 0 Å². The van der Waals surface area contributed by atoms with Gasteiger partial charge < -0.3 is 10.2 Å². The van der Waals surface area contributed by atoms with Crippen LogP contribution in [0.15, 0.2) is 18.5 Å². The van der Waals surface area contributed by atoms with Crippen molar-refractivity contribution in [3.8, 4) is 0 Å². The monoisotopic (exact) mass is 275 g/mol. The van der Waals surface area contributed by atoms with Gasteiger partial charge >= 0.3 is 0 Å². The number of pyridine rings is 1. The van der Waals surface area contributed by atoms with Crippen molar-refractivity contribution < 1.29 is 0 Å². The molecule has 0 aromatic carbocycles. The van der Waals surface area contributed by atoms with Crippen LogP contribution < -0.4 is 5.32 Å². The van der Waals surface area contributed by atoms with Crippen molar-refractivity contribution in [3.63, 3.8) is 0 Å². The Bertz CT molecular complexity index is 386. The molecule has 0 unspecified atom stereocenters. The van der Waals surface area contributed by atoms with Gasteiger partial charge in [-0.05, 0) is 57.5 Å². The van der Waals surface area contributed by atoms with E-state index in [1.165, 1.54) is 56.2 Å². The number of nitrogens with zero attached hydrogens (tertiary/aromatic N) is 2. The fourth-order valence-electron chi connectivity index (χ4n) is 3.10. The number of hydrogen-bond acceptors (Lipinski definition) is 3. The molecule has 0 amide bonds. The van der Waals surface area contributed by atoms with Crippen LogP contribution in [0.3, 0.4) is 0 Å². The molecule has 3 nitrogen and oxygen atoms in total. The van der Waals surface area contributed by atoms with Gasteiger partial charge in [-0.1, -0.05) is 25.3 Å².